The Balaban J connectivity index is 2.62. The van der Waals surface area contributed by atoms with Gasteiger partial charge in [0.1, 0.15) is 5.60 Å². The molecule has 0 spiro atoms. The van der Waals surface area contributed by atoms with E-state index in [1.54, 1.807) is 0 Å². The molecule has 0 bridgehead atoms. The van der Waals surface area contributed by atoms with Gasteiger partial charge in [0, 0.05) is 32.1 Å². The third kappa shape index (κ3) is 4.93. The Hall–Kier alpha value is -2.13. The van der Waals surface area contributed by atoms with E-state index in [1.807, 2.05) is 86.6 Å². The minimum atomic E-state index is -3.13. The number of hydrogen-bond acceptors (Lipinski definition) is 3. The first kappa shape index (κ1) is 13.1. The van der Waals surface area contributed by atoms with E-state index in [9.17, 15) is 4.79 Å². The molecule has 0 aromatic heterocycles. The van der Waals surface area contributed by atoms with Crippen LogP contribution in [-0.4, -0.2) is 31.5 Å². The molecule has 2 aromatic carbocycles. The summed E-state index contributed by atoms with van der Waals surface area (Å²) in [5.41, 5.74) is 0.342. The summed E-state index contributed by atoms with van der Waals surface area (Å²) >= 11 is 0. The Labute approximate surface area is 158 Å². The van der Waals surface area contributed by atoms with Crippen LogP contribution in [0.4, 0.5) is 0 Å². The summed E-state index contributed by atoms with van der Waals surface area (Å²) in [5, 5.41) is 0. The quantitative estimate of drug-likeness (QED) is 0.670. The van der Waals surface area contributed by atoms with E-state index in [4.69, 9.17) is 11.6 Å². The van der Waals surface area contributed by atoms with Crippen molar-refractivity contribution in [3.05, 3.63) is 71.8 Å². The van der Waals surface area contributed by atoms with Crippen molar-refractivity contribution in [2.45, 2.75) is 32.2 Å². The Morgan fingerprint density at radius 1 is 1.16 bits per heavy atom. The largest absolute Gasteiger partial charge is 0.453 e. The Kier molecular flexibility index (Phi) is 4.63. The number of carbonyl (C=O) groups is 1. The van der Waals surface area contributed by atoms with E-state index in [1.165, 1.54) is 0 Å². The van der Waals surface area contributed by atoms with Gasteiger partial charge >= 0.3 is 5.97 Å². The summed E-state index contributed by atoms with van der Waals surface area (Å²) in [6.07, 6.45) is -2.84. The minimum absolute atomic E-state index is 0.258. The molecule has 0 aliphatic rings. The maximum Gasteiger partial charge on any atom is 0.306 e. The lowest BCUT2D eigenvalue weighted by molar-refractivity contribution is -0.168. The highest BCUT2D eigenvalue weighted by Gasteiger charge is 2.42. The zero-order valence-electron chi connectivity index (χ0n) is 20.0. The van der Waals surface area contributed by atoms with Crippen molar-refractivity contribution in [2.24, 2.45) is 5.92 Å². The lowest BCUT2D eigenvalue weighted by Crippen LogP contribution is -2.44. The molecule has 2 rings (SSSR count). The van der Waals surface area contributed by atoms with E-state index in [0.29, 0.717) is 12.1 Å². The number of benzene rings is 2. The molecule has 0 aliphatic heterocycles. The van der Waals surface area contributed by atoms with E-state index in [2.05, 4.69) is 0 Å². The van der Waals surface area contributed by atoms with Crippen LogP contribution in [0.5, 0.6) is 0 Å². The maximum atomic E-state index is 12.9. The molecule has 3 nitrogen and oxygen atoms in total. The third-order valence-electron chi connectivity index (χ3n) is 4.38. The molecular formula is C22H29NO2. The van der Waals surface area contributed by atoms with E-state index in [-0.39, 0.29) is 12.3 Å². The van der Waals surface area contributed by atoms with Crippen LogP contribution < -0.4 is 0 Å². The zero-order chi connectivity index (χ0) is 22.6. The molecule has 2 atom stereocenters. The van der Waals surface area contributed by atoms with Crippen molar-refractivity contribution in [1.82, 2.24) is 4.90 Å². The average Bonchev–Trinajstić information content (AvgIpc) is 2.67. The minimum Gasteiger partial charge on any atom is -0.453 e. The molecule has 3 heteroatoms. The first-order valence-corrected chi connectivity index (χ1v) is 8.38. The number of hydrogen-bond donors (Lipinski definition) is 0. The molecule has 0 amide bonds. The third-order valence-corrected chi connectivity index (χ3v) is 4.38. The average molecular weight is 345 g/mol. The molecule has 0 fully saturated rings. The molecule has 0 saturated heterocycles. The van der Waals surface area contributed by atoms with Crippen molar-refractivity contribution in [1.29, 1.82) is 0 Å². The molecule has 0 N–H and O–H groups in total. The molecule has 0 saturated carbocycles. The van der Waals surface area contributed by atoms with Gasteiger partial charge in [-0.25, -0.2) is 0 Å². The van der Waals surface area contributed by atoms with Gasteiger partial charge < -0.3 is 9.64 Å². The number of esters is 1. The molecule has 25 heavy (non-hydrogen) atoms. The summed E-state index contributed by atoms with van der Waals surface area (Å²) in [6.45, 7) is -0.663. The lowest BCUT2D eigenvalue weighted by atomic mass is 9.77. The number of rotatable bonds is 8. The standard InChI is InChI=1S/C22H29NO2/c1-5-21(24)25-22(18(2)17-23(3)4,20-14-10-7-11-15-20)16-19-12-8-6-9-13-19/h6-15,18H,5,16-17H2,1-4H3/t18-,22+/m0/s1/i1D3,5D2. The Bertz CT molecular complexity index is 824. The summed E-state index contributed by atoms with van der Waals surface area (Å²) in [6, 6.07) is 18.6. The molecule has 134 valence electrons. The molecule has 2 aromatic rings. The summed E-state index contributed by atoms with van der Waals surface area (Å²) in [4.78, 5) is 14.9. The van der Waals surface area contributed by atoms with Crippen LogP contribution in [0.3, 0.4) is 0 Å². The highest BCUT2D eigenvalue weighted by molar-refractivity contribution is 5.69. The first-order valence-electron chi connectivity index (χ1n) is 10.9. The van der Waals surface area contributed by atoms with Gasteiger partial charge in [-0.1, -0.05) is 74.4 Å². The van der Waals surface area contributed by atoms with Crippen LogP contribution in [0.15, 0.2) is 60.7 Å². The second-order valence-electron chi connectivity index (χ2n) is 6.60. The van der Waals surface area contributed by atoms with Gasteiger partial charge in [-0.2, -0.15) is 0 Å². The summed E-state index contributed by atoms with van der Waals surface area (Å²) < 4.78 is 44.1. The fraction of sp³-hybridized carbons (Fsp3) is 0.409. The van der Waals surface area contributed by atoms with Crippen molar-refractivity contribution in [3.8, 4) is 0 Å². The Morgan fingerprint density at radius 3 is 2.32 bits per heavy atom. The normalized spacial score (nSPS) is 18.8. The van der Waals surface area contributed by atoms with Gasteiger partial charge in [-0.15, -0.1) is 0 Å². The predicted molar refractivity (Wildman–Crippen MR) is 102 cm³/mol. The smallest absolute Gasteiger partial charge is 0.306 e. The van der Waals surface area contributed by atoms with Gasteiger partial charge in [-0.05, 0) is 25.2 Å². The summed E-state index contributed by atoms with van der Waals surface area (Å²) in [5.74, 6) is -1.64. The molecule has 0 radical (unpaired) electrons. The number of ether oxygens (including phenoxy) is 1. The van der Waals surface area contributed by atoms with Crippen molar-refractivity contribution in [3.63, 3.8) is 0 Å². The van der Waals surface area contributed by atoms with Crippen LogP contribution in [0.1, 0.15) is 38.1 Å². The monoisotopic (exact) mass is 344 g/mol. The van der Waals surface area contributed by atoms with Crippen LogP contribution in [-0.2, 0) is 21.6 Å². The fourth-order valence-electron chi connectivity index (χ4n) is 3.26. The number of carbonyl (C=O) groups excluding carboxylic acids is 1. The van der Waals surface area contributed by atoms with Crippen LogP contribution in [0.25, 0.3) is 0 Å². The summed E-state index contributed by atoms with van der Waals surface area (Å²) in [7, 11) is 3.80. The SMILES string of the molecule is [2H]C([2H])([2H])C([2H])([2H])C(=O)O[C@@](Cc1ccccc1)(c1ccccc1)[C@@H](C)CN(C)C. The second kappa shape index (κ2) is 8.82. The highest BCUT2D eigenvalue weighted by Crippen LogP contribution is 2.38. The number of nitrogens with zero attached hydrogens (tertiary/aromatic N) is 1. The highest BCUT2D eigenvalue weighted by atomic mass is 16.6. The van der Waals surface area contributed by atoms with Gasteiger partial charge in [0.05, 0.1) is 0 Å². The fourth-order valence-corrected chi connectivity index (χ4v) is 3.26. The van der Waals surface area contributed by atoms with Crippen molar-refractivity contribution < 1.29 is 16.4 Å². The molecule has 0 heterocycles. The first-order chi connectivity index (χ1) is 13.9. The zero-order valence-corrected chi connectivity index (χ0v) is 15.0. The van der Waals surface area contributed by atoms with Gasteiger partial charge in [-0.3, -0.25) is 4.79 Å². The van der Waals surface area contributed by atoms with E-state index in [0.717, 1.165) is 5.56 Å². The maximum absolute atomic E-state index is 12.9. The van der Waals surface area contributed by atoms with Gasteiger partial charge in [0.2, 0.25) is 0 Å². The van der Waals surface area contributed by atoms with Crippen molar-refractivity contribution in [2.75, 3.05) is 20.6 Å². The van der Waals surface area contributed by atoms with E-state index >= 15 is 0 Å². The van der Waals surface area contributed by atoms with Gasteiger partial charge in [0.25, 0.3) is 0 Å². The molecular weight excluding hydrogens is 310 g/mol. The van der Waals surface area contributed by atoms with Crippen molar-refractivity contribution >= 4 is 5.97 Å². The van der Waals surface area contributed by atoms with Gasteiger partial charge in [0.15, 0.2) is 0 Å². The van der Waals surface area contributed by atoms with Crippen LogP contribution >= 0.6 is 0 Å². The molecule has 0 aliphatic carbocycles. The molecule has 0 unspecified atom stereocenters. The Morgan fingerprint density at radius 2 is 1.76 bits per heavy atom. The lowest BCUT2D eigenvalue weighted by Gasteiger charge is -2.40. The van der Waals surface area contributed by atoms with E-state index < -0.39 is 24.8 Å². The topological polar surface area (TPSA) is 29.5 Å². The van der Waals surface area contributed by atoms with Crippen LogP contribution in [0.2, 0.25) is 0 Å². The second-order valence-corrected chi connectivity index (χ2v) is 6.60. The predicted octanol–water partition coefficient (Wildman–Crippen LogP) is 4.28. The van der Waals surface area contributed by atoms with Crippen LogP contribution in [0, 0.1) is 5.92 Å².